The lowest BCUT2D eigenvalue weighted by Gasteiger charge is -2.13. The summed E-state index contributed by atoms with van der Waals surface area (Å²) in [6.07, 6.45) is -4.70. The van der Waals surface area contributed by atoms with Gasteiger partial charge in [-0.05, 0) is 18.1 Å². The minimum absolute atomic E-state index is 0. The number of alkyl halides is 3. The van der Waals surface area contributed by atoms with Gasteiger partial charge in [-0.3, -0.25) is 4.99 Å². The lowest BCUT2D eigenvalue weighted by molar-refractivity contribution is -0.132. The van der Waals surface area contributed by atoms with E-state index in [1.165, 1.54) is 13.1 Å². The predicted molar refractivity (Wildman–Crippen MR) is 85.6 cm³/mol. The maximum absolute atomic E-state index is 13.3. The largest absolute Gasteiger partial charge is 0.390 e. The summed E-state index contributed by atoms with van der Waals surface area (Å²) in [5.74, 6) is -0.0279. The Balaban J connectivity index is 0.00000400. The predicted octanol–water partition coefficient (Wildman–Crippen LogP) is 3.10. The van der Waals surface area contributed by atoms with Crippen molar-refractivity contribution in [1.82, 2.24) is 10.6 Å². The molecule has 0 radical (unpaired) electrons. The van der Waals surface area contributed by atoms with Gasteiger partial charge in [0.25, 0.3) is 0 Å². The monoisotopic (exact) mass is 419 g/mol. The van der Waals surface area contributed by atoms with Crippen molar-refractivity contribution in [2.45, 2.75) is 19.0 Å². The number of rotatable bonds is 5. The molecule has 0 amide bonds. The normalized spacial score (nSPS) is 11.8. The molecule has 0 aliphatic carbocycles. The third-order valence-electron chi connectivity index (χ3n) is 2.57. The quantitative estimate of drug-likeness (QED) is 0.333. The fraction of sp³-hybridized carbons (Fsp3) is 0.462. The van der Waals surface area contributed by atoms with Crippen molar-refractivity contribution in [2.75, 3.05) is 20.1 Å². The van der Waals surface area contributed by atoms with Crippen LogP contribution in [0, 0.1) is 5.82 Å². The first-order valence-electron chi connectivity index (χ1n) is 6.17. The molecule has 1 aromatic carbocycles. The molecule has 0 aliphatic heterocycles. The fourth-order valence-corrected chi connectivity index (χ4v) is 1.56. The average molecular weight is 419 g/mol. The first kappa shape index (κ1) is 19.9. The van der Waals surface area contributed by atoms with Gasteiger partial charge in [-0.2, -0.15) is 13.2 Å². The van der Waals surface area contributed by atoms with E-state index in [-0.39, 0.29) is 42.3 Å². The molecule has 0 heterocycles. The average Bonchev–Trinajstić information content (AvgIpc) is 2.37. The molecular weight excluding hydrogens is 401 g/mol. The highest BCUT2D eigenvalue weighted by Gasteiger charge is 2.26. The molecular formula is C13H18F4IN3. The Morgan fingerprint density at radius 2 is 1.76 bits per heavy atom. The SMILES string of the molecule is CN=C(NCCc1ccccc1F)NCCC(F)(F)F.I. The Morgan fingerprint density at radius 3 is 2.33 bits per heavy atom. The molecule has 0 atom stereocenters. The van der Waals surface area contributed by atoms with Crippen LogP contribution in [-0.2, 0) is 6.42 Å². The number of nitrogens with zero attached hydrogens (tertiary/aromatic N) is 1. The Bertz CT molecular complexity index is 449. The van der Waals surface area contributed by atoms with Gasteiger partial charge in [0, 0.05) is 20.1 Å². The fourth-order valence-electron chi connectivity index (χ4n) is 1.56. The molecule has 0 saturated carbocycles. The van der Waals surface area contributed by atoms with E-state index in [2.05, 4.69) is 15.6 Å². The number of benzene rings is 1. The molecule has 1 rings (SSSR count). The molecule has 0 spiro atoms. The Hall–Kier alpha value is -1.06. The van der Waals surface area contributed by atoms with Crippen LogP contribution in [-0.4, -0.2) is 32.3 Å². The van der Waals surface area contributed by atoms with Crippen molar-refractivity contribution in [2.24, 2.45) is 4.99 Å². The maximum Gasteiger partial charge on any atom is 0.390 e. The number of halogens is 5. The second-order valence-corrected chi connectivity index (χ2v) is 4.13. The van der Waals surface area contributed by atoms with Crippen LogP contribution in [0.5, 0.6) is 0 Å². The highest BCUT2D eigenvalue weighted by Crippen LogP contribution is 2.18. The third-order valence-corrected chi connectivity index (χ3v) is 2.57. The smallest absolute Gasteiger partial charge is 0.356 e. The van der Waals surface area contributed by atoms with Gasteiger partial charge in [0.15, 0.2) is 5.96 Å². The van der Waals surface area contributed by atoms with E-state index >= 15 is 0 Å². The van der Waals surface area contributed by atoms with E-state index in [0.717, 1.165) is 0 Å². The van der Waals surface area contributed by atoms with Gasteiger partial charge in [0.2, 0.25) is 0 Å². The lowest BCUT2D eigenvalue weighted by atomic mass is 10.1. The zero-order chi connectivity index (χ0) is 15.0. The molecule has 2 N–H and O–H groups in total. The van der Waals surface area contributed by atoms with Gasteiger partial charge >= 0.3 is 6.18 Å². The molecule has 1 aromatic rings. The molecule has 0 unspecified atom stereocenters. The minimum atomic E-state index is -4.20. The van der Waals surface area contributed by atoms with Crippen LogP contribution in [0.1, 0.15) is 12.0 Å². The maximum atomic E-state index is 13.3. The van der Waals surface area contributed by atoms with Gasteiger partial charge < -0.3 is 10.6 Å². The van der Waals surface area contributed by atoms with Crippen molar-refractivity contribution in [3.8, 4) is 0 Å². The second kappa shape index (κ2) is 9.80. The van der Waals surface area contributed by atoms with Gasteiger partial charge in [0.1, 0.15) is 5.82 Å². The number of hydrogen-bond acceptors (Lipinski definition) is 1. The molecule has 0 aromatic heterocycles. The second-order valence-electron chi connectivity index (χ2n) is 4.13. The highest BCUT2D eigenvalue weighted by atomic mass is 127. The van der Waals surface area contributed by atoms with Crippen LogP contribution in [0.15, 0.2) is 29.3 Å². The van der Waals surface area contributed by atoms with Crippen LogP contribution >= 0.6 is 24.0 Å². The summed E-state index contributed by atoms with van der Waals surface area (Å²) in [6.45, 7) is 0.134. The van der Waals surface area contributed by atoms with Crippen molar-refractivity contribution in [3.63, 3.8) is 0 Å². The van der Waals surface area contributed by atoms with Gasteiger partial charge in [-0.1, -0.05) is 18.2 Å². The van der Waals surface area contributed by atoms with E-state index in [9.17, 15) is 17.6 Å². The van der Waals surface area contributed by atoms with E-state index < -0.39 is 12.6 Å². The van der Waals surface area contributed by atoms with Crippen LogP contribution in [0.3, 0.4) is 0 Å². The number of guanidine groups is 1. The molecule has 0 aliphatic rings. The van der Waals surface area contributed by atoms with E-state index in [1.807, 2.05) is 0 Å². The van der Waals surface area contributed by atoms with Crippen molar-refractivity contribution < 1.29 is 17.6 Å². The van der Waals surface area contributed by atoms with E-state index in [0.29, 0.717) is 18.5 Å². The highest BCUT2D eigenvalue weighted by molar-refractivity contribution is 14.0. The molecule has 21 heavy (non-hydrogen) atoms. The zero-order valence-corrected chi connectivity index (χ0v) is 13.8. The summed E-state index contributed by atoms with van der Waals surface area (Å²) in [4.78, 5) is 3.79. The third kappa shape index (κ3) is 8.74. The van der Waals surface area contributed by atoms with Crippen molar-refractivity contribution in [1.29, 1.82) is 0 Å². The molecule has 120 valence electrons. The molecule has 0 bridgehead atoms. The Labute approximate surface area is 138 Å². The summed E-state index contributed by atoms with van der Waals surface area (Å²) < 4.78 is 49.3. The van der Waals surface area contributed by atoms with E-state index in [1.54, 1.807) is 18.2 Å². The topological polar surface area (TPSA) is 36.4 Å². The number of hydrogen-bond donors (Lipinski definition) is 2. The van der Waals surface area contributed by atoms with Crippen LogP contribution in [0.4, 0.5) is 17.6 Å². The molecule has 0 fully saturated rings. The molecule has 0 saturated heterocycles. The van der Waals surface area contributed by atoms with Crippen molar-refractivity contribution in [3.05, 3.63) is 35.6 Å². The summed E-state index contributed by atoms with van der Waals surface area (Å²) in [7, 11) is 1.46. The Morgan fingerprint density at radius 1 is 1.14 bits per heavy atom. The van der Waals surface area contributed by atoms with Gasteiger partial charge in [-0.25, -0.2) is 4.39 Å². The summed E-state index contributed by atoms with van der Waals surface area (Å²) >= 11 is 0. The first-order valence-corrected chi connectivity index (χ1v) is 6.17. The zero-order valence-electron chi connectivity index (χ0n) is 11.5. The van der Waals surface area contributed by atoms with Gasteiger partial charge in [-0.15, -0.1) is 24.0 Å². The van der Waals surface area contributed by atoms with Crippen LogP contribution in [0.2, 0.25) is 0 Å². The lowest BCUT2D eigenvalue weighted by Crippen LogP contribution is -2.39. The minimum Gasteiger partial charge on any atom is -0.356 e. The van der Waals surface area contributed by atoms with Gasteiger partial charge in [0.05, 0.1) is 6.42 Å². The number of aliphatic imine (C=N–C) groups is 1. The standard InChI is InChI=1S/C13H17F4N3.HI/c1-18-12(20-9-7-13(15,16)17)19-8-6-10-4-2-3-5-11(10)14;/h2-5H,6-9H2,1H3,(H2,18,19,20);1H. The van der Waals surface area contributed by atoms with Crippen molar-refractivity contribution >= 4 is 29.9 Å². The first-order chi connectivity index (χ1) is 9.42. The molecule has 8 heteroatoms. The summed E-state index contributed by atoms with van der Waals surface area (Å²) in [5, 5.41) is 5.39. The van der Waals surface area contributed by atoms with Crippen LogP contribution in [0.25, 0.3) is 0 Å². The number of nitrogens with one attached hydrogen (secondary N) is 2. The summed E-state index contributed by atoms with van der Waals surface area (Å²) in [6, 6.07) is 6.36. The van der Waals surface area contributed by atoms with Crippen LogP contribution < -0.4 is 10.6 Å². The Kier molecular flexibility index (Phi) is 9.31. The van der Waals surface area contributed by atoms with E-state index in [4.69, 9.17) is 0 Å². The summed E-state index contributed by atoms with van der Waals surface area (Å²) in [5.41, 5.74) is 0.547. The molecule has 3 nitrogen and oxygen atoms in total.